The first-order valence-electron chi connectivity index (χ1n) is 7.42. The van der Waals surface area contributed by atoms with Crippen LogP contribution in [-0.2, 0) is 4.79 Å². The van der Waals surface area contributed by atoms with Crippen molar-refractivity contribution in [1.29, 1.82) is 0 Å². The standard InChI is InChI=1S/C17H17N3O3/c1-11(12-6-7-12)10-16(21)18-13-4-2-3-5-15(13)20-9-8-14(19-20)17(22)23/h2-5,8-10,12H,6-7H2,1H3,(H,18,21)(H,22,23)/b11-10+. The highest BCUT2D eigenvalue weighted by Crippen LogP contribution is 2.35. The lowest BCUT2D eigenvalue weighted by Gasteiger charge is -2.10. The molecule has 0 saturated heterocycles. The predicted molar refractivity (Wildman–Crippen MR) is 85.6 cm³/mol. The molecule has 0 aliphatic heterocycles. The van der Waals surface area contributed by atoms with E-state index in [9.17, 15) is 9.59 Å². The van der Waals surface area contributed by atoms with Crippen molar-refractivity contribution in [1.82, 2.24) is 9.78 Å². The van der Waals surface area contributed by atoms with Crippen LogP contribution in [0.4, 0.5) is 5.69 Å². The molecule has 6 nitrogen and oxygen atoms in total. The number of amides is 1. The van der Waals surface area contributed by atoms with Gasteiger partial charge in [-0.3, -0.25) is 4.79 Å². The van der Waals surface area contributed by atoms with Crippen LogP contribution in [-0.4, -0.2) is 26.8 Å². The molecule has 1 aromatic carbocycles. The van der Waals surface area contributed by atoms with Gasteiger partial charge in [0.25, 0.3) is 0 Å². The lowest BCUT2D eigenvalue weighted by atomic mass is 10.2. The maximum atomic E-state index is 12.1. The van der Waals surface area contributed by atoms with Crippen LogP contribution in [0.3, 0.4) is 0 Å². The van der Waals surface area contributed by atoms with Gasteiger partial charge in [0.05, 0.1) is 11.4 Å². The first-order valence-corrected chi connectivity index (χ1v) is 7.42. The van der Waals surface area contributed by atoms with Crippen molar-refractivity contribution in [2.24, 2.45) is 5.92 Å². The average molecular weight is 311 g/mol. The summed E-state index contributed by atoms with van der Waals surface area (Å²) in [6, 6.07) is 8.55. The number of allylic oxidation sites excluding steroid dienone is 1. The van der Waals surface area contributed by atoms with E-state index in [4.69, 9.17) is 5.11 Å². The number of aromatic carboxylic acids is 1. The Bertz CT molecular complexity index is 788. The van der Waals surface area contributed by atoms with Gasteiger partial charge in [-0.1, -0.05) is 17.7 Å². The minimum absolute atomic E-state index is 0.0457. The van der Waals surface area contributed by atoms with E-state index in [1.807, 2.05) is 6.92 Å². The van der Waals surface area contributed by atoms with Gasteiger partial charge in [-0.15, -0.1) is 0 Å². The molecule has 23 heavy (non-hydrogen) atoms. The van der Waals surface area contributed by atoms with Crippen LogP contribution >= 0.6 is 0 Å². The largest absolute Gasteiger partial charge is 0.476 e. The zero-order valence-electron chi connectivity index (χ0n) is 12.7. The summed E-state index contributed by atoms with van der Waals surface area (Å²) < 4.78 is 1.44. The number of nitrogens with one attached hydrogen (secondary N) is 1. The molecule has 0 unspecified atom stereocenters. The molecule has 1 aliphatic rings. The summed E-state index contributed by atoms with van der Waals surface area (Å²) >= 11 is 0. The van der Waals surface area contributed by atoms with E-state index in [0.717, 1.165) is 18.4 Å². The van der Waals surface area contributed by atoms with Gasteiger partial charge < -0.3 is 10.4 Å². The van der Waals surface area contributed by atoms with Crippen molar-refractivity contribution in [2.75, 3.05) is 5.32 Å². The number of carboxylic acid groups (broad SMARTS) is 1. The summed E-state index contributed by atoms with van der Waals surface area (Å²) in [5.74, 6) is -0.735. The van der Waals surface area contributed by atoms with Crippen LogP contribution in [0.25, 0.3) is 5.69 Å². The Balaban J connectivity index is 1.83. The second-order valence-corrected chi connectivity index (χ2v) is 5.62. The van der Waals surface area contributed by atoms with Gasteiger partial charge in [-0.05, 0) is 43.9 Å². The Morgan fingerprint density at radius 1 is 1.30 bits per heavy atom. The van der Waals surface area contributed by atoms with Crippen molar-refractivity contribution in [2.45, 2.75) is 19.8 Å². The molecule has 1 fully saturated rings. The molecular weight excluding hydrogens is 294 g/mol. The number of anilines is 1. The summed E-state index contributed by atoms with van der Waals surface area (Å²) in [7, 11) is 0. The fourth-order valence-corrected chi connectivity index (χ4v) is 2.38. The van der Waals surface area contributed by atoms with Crippen molar-refractivity contribution in [3.63, 3.8) is 0 Å². The van der Waals surface area contributed by atoms with Crippen molar-refractivity contribution < 1.29 is 14.7 Å². The predicted octanol–water partition coefficient (Wildman–Crippen LogP) is 2.87. The fourth-order valence-electron chi connectivity index (χ4n) is 2.38. The van der Waals surface area contributed by atoms with Crippen LogP contribution in [0.2, 0.25) is 0 Å². The van der Waals surface area contributed by atoms with E-state index < -0.39 is 5.97 Å². The third-order valence-electron chi connectivity index (χ3n) is 3.80. The van der Waals surface area contributed by atoms with Gasteiger partial charge in [0.15, 0.2) is 5.69 Å². The average Bonchev–Trinajstić information content (AvgIpc) is 3.25. The number of nitrogens with zero attached hydrogens (tertiary/aromatic N) is 2. The van der Waals surface area contributed by atoms with E-state index in [0.29, 0.717) is 17.3 Å². The first-order chi connectivity index (χ1) is 11.0. The molecule has 3 rings (SSSR count). The molecule has 118 valence electrons. The molecular formula is C17H17N3O3. The topological polar surface area (TPSA) is 84.2 Å². The van der Waals surface area contributed by atoms with Gasteiger partial charge in [0.2, 0.25) is 5.91 Å². The Morgan fingerprint density at radius 3 is 2.70 bits per heavy atom. The molecule has 1 aromatic heterocycles. The van der Waals surface area contributed by atoms with Crippen LogP contribution < -0.4 is 5.32 Å². The molecule has 6 heteroatoms. The second-order valence-electron chi connectivity index (χ2n) is 5.62. The summed E-state index contributed by atoms with van der Waals surface area (Å²) in [6.45, 7) is 1.97. The fraction of sp³-hybridized carbons (Fsp3) is 0.235. The zero-order chi connectivity index (χ0) is 16.4. The Labute approximate surface area is 133 Å². The monoisotopic (exact) mass is 311 g/mol. The van der Waals surface area contributed by atoms with Crippen LogP contribution in [0.5, 0.6) is 0 Å². The van der Waals surface area contributed by atoms with Crippen molar-refractivity contribution in [3.05, 3.63) is 53.9 Å². The molecule has 2 aromatic rings. The number of aromatic nitrogens is 2. The van der Waals surface area contributed by atoms with E-state index in [1.165, 1.54) is 10.7 Å². The molecule has 0 radical (unpaired) electrons. The summed E-state index contributed by atoms with van der Waals surface area (Å²) in [5.41, 5.74) is 2.24. The van der Waals surface area contributed by atoms with Crippen LogP contribution in [0.1, 0.15) is 30.3 Å². The SMILES string of the molecule is C/C(=C\C(=O)Nc1ccccc1-n1ccc(C(=O)O)n1)C1CC1. The van der Waals surface area contributed by atoms with Crippen molar-refractivity contribution >= 4 is 17.6 Å². The third-order valence-corrected chi connectivity index (χ3v) is 3.80. The maximum absolute atomic E-state index is 12.1. The van der Waals surface area contributed by atoms with Gasteiger partial charge in [-0.25, -0.2) is 9.48 Å². The minimum atomic E-state index is -1.09. The Hall–Kier alpha value is -2.89. The minimum Gasteiger partial charge on any atom is -0.476 e. The number of hydrogen-bond acceptors (Lipinski definition) is 3. The maximum Gasteiger partial charge on any atom is 0.356 e. The van der Waals surface area contributed by atoms with Gasteiger partial charge >= 0.3 is 5.97 Å². The quantitative estimate of drug-likeness (QED) is 0.832. The van der Waals surface area contributed by atoms with Crippen LogP contribution in [0, 0.1) is 5.92 Å². The third kappa shape index (κ3) is 3.48. The Kier molecular flexibility index (Phi) is 3.97. The smallest absolute Gasteiger partial charge is 0.356 e. The van der Waals surface area contributed by atoms with Gasteiger partial charge in [-0.2, -0.15) is 5.10 Å². The summed E-state index contributed by atoms with van der Waals surface area (Å²) in [6.07, 6.45) is 5.48. The molecule has 1 amide bonds. The molecule has 0 spiro atoms. The number of para-hydroxylation sites is 2. The van der Waals surface area contributed by atoms with Crippen molar-refractivity contribution in [3.8, 4) is 5.69 Å². The number of hydrogen-bond donors (Lipinski definition) is 2. The van der Waals surface area contributed by atoms with Gasteiger partial charge in [0.1, 0.15) is 0 Å². The molecule has 1 heterocycles. The highest BCUT2D eigenvalue weighted by molar-refractivity contribution is 6.01. The Morgan fingerprint density at radius 2 is 2.04 bits per heavy atom. The van der Waals surface area contributed by atoms with Crippen LogP contribution in [0.15, 0.2) is 48.2 Å². The summed E-state index contributed by atoms with van der Waals surface area (Å²) in [5, 5.41) is 15.8. The molecule has 1 aliphatic carbocycles. The zero-order valence-corrected chi connectivity index (χ0v) is 12.7. The number of rotatable bonds is 5. The van der Waals surface area contributed by atoms with Gasteiger partial charge in [0, 0.05) is 12.3 Å². The lowest BCUT2D eigenvalue weighted by molar-refractivity contribution is -0.112. The van der Waals surface area contributed by atoms with E-state index >= 15 is 0 Å². The molecule has 0 bridgehead atoms. The highest BCUT2D eigenvalue weighted by Gasteiger charge is 2.23. The number of carboxylic acids is 1. The molecule has 0 atom stereocenters. The molecule has 2 N–H and O–H groups in total. The first kappa shape index (κ1) is 15.0. The highest BCUT2D eigenvalue weighted by atomic mass is 16.4. The number of benzene rings is 1. The second kappa shape index (κ2) is 6.08. The number of carbonyl (C=O) groups is 2. The van der Waals surface area contributed by atoms with E-state index in [1.54, 1.807) is 36.5 Å². The van der Waals surface area contributed by atoms with E-state index in [2.05, 4.69) is 10.4 Å². The summed E-state index contributed by atoms with van der Waals surface area (Å²) in [4.78, 5) is 23.1. The molecule has 1 saturated carbocycles. The lowest BCUT2D eigenvalue weighted by Crippen LogP contribution is -2.12. The normalized spacial score (nSPS) is 14.6. The number of carbonyl (C=O) groups excluding carboxylic acids is 1. The van der Waals surface area contributed by atoms with E-state index in [-0.39, 0.29) is 11.6 Å².